The minimum Gasteiger partial charge on any atom is -0.493 e. The van der Waals surface area contributed by atoms with Crippen molar-refractivity contribution < 1.29 is 41.9 Å². The Kier molecular flexibility index (Phi) is 14.8. The van der Waals surface area contributed by atoms with Crippen molar-refractivity contribution in [1.29, 1.82) is 5.26 Å². The number of benzene rings is 2. The molecule has 0 radical (unpaired) electrons. The largest absolute Gasteiger partial charge is 0.493 e. The molecule has 2 aromatic carbocycles. The molecule has 3 aromatic rings. The summed E-state index contributed by atoms with van der Waals surface area (Å²) < 4.78 is 45.5. The van der Waals surface area contributed by atoms with Crippen molar-refractivity contribution in [3.05, 3.63) is 83.0 Å². The highest BCUT2D eigenvalue weighted by atomic mass is 19.4. The number of anilines is 2. The Balaban J connectivity index is 0.943. The van der Waals surface area contributed by atoms with Gasteiger partial charge in [-0.25, -0.2) is 4.98 Å². The monoisotopic (exact) mass is 804 g/mol. The number of halogens is 3. The van der Waals surface area contributed by atoms with Gasteiger partial charge in [0.25, 0.3) is 0 Å². The number of carbonyl (C=O) groups is 5. The zero-order valence-corrected chi connectivity index (χ0v) is 32.4. The second-order valence-electron chi connectivity index (χ2n) is 14.4. The number of carbonyl (C=O) groups excluding carboxylic acids is 5. The maximum Gasteiger partial charge on any atom is 0.417 e. The molecule has 0 spiro atoms. The minimum atomic E-state index is -4.74. The van der Waals surface area contributed by atoms with Gasteiger partial charge in [0, 0.05) is 64.5 Å². The Morgan fingerprint density at radius 1 is 1.03 bits per heavy atom. The van der Waals surface area contributed by atoms with E-state index in [1.165, 1.54) is 17.0 Å². The predicted octanol–water partition coefficient (Wildman–Crippen LogP) is 4.04. The molecule has 2 fully saturated rings. The Morgan fingerprint density at radius 2 is 1.78 bits per heavy atom. The van der Waals surface area contributed by atoms with Crippen LogP contribution in [0.2, 0.25) is 0 Å². The first kappa shape index (κ1) is 43.1. The van der Waals surface area contributed by atoms with Crippen LogP contribution in [-0.2, 0) is 43.1 Å². The van der Waals surface area contributed by atoms with Crippen LogP contribution in [0.15, 0.2) is 60.8 Å². The van der Waals surface area contributed by atoms with Crippen molar-refractivity contribution in [2.45, 2.75) is 64.2 Å². The van der Waals surface area contributed by atoms with Gasteiger partial charge in [-0.1, -0.05) is 19.1 Å². The van der Waals surface area contributed by atoms with Gasteiger partial charge in [-0.15, -0.1) is 0 Å². The van der Waals surface area contributed by atoms with Crippen LogP contribution < -0.4 is 25.6 Å². The molecule has 0 saturated carbocycles. The molecule has 5 rings (SSSR count). The second kappa shape index (κ2) is 19.9. The van der Waals surface area contributed by atoms with E-state index in [4.69, 9.17) is 10.00 Å². The van der Waals surface area contributed by atoms with Crippen LogP contribution in [0, 0.1) is 17.2 Å². The van der Waals surface area contributed by atoms with Crippen LogP contribution in [0.3, 0.4) is 0 Å². The van der Waals surface area contributed by atoms with E-state index in [2.05, 4.69) is 30.7 Å². The summed E-state index contributed by atoms with van der Waals surface area (Å²) in [6, 6.07) is 14.5. The Bertz CT molecular complexity index is 2000. The van der Waals surface area contributed by atoms with Gasteiger partial charge in [0.2, 0.25) is 29.5 Å². The molecule has 2 aliphatic heterocycles. The number of hydrogen-bond acceptors (Lipinski definition) is 10. The molecular formula is C41H47F3N8O6. The number of ether oxygens (including phenoxy) is 1. The lowest BCUT2D eigenvalue weighted by Gasteiger charge is -2.35. The number of amides is 5. The lowest BCUT2D eigenvalue weighted by Crippen LogP contribution is -2.53. The normalized spacial score (nSPS) is 16.5. The summed E-state index contributed by atoms with van der Waals surface area (Å²) >= 11 is 0. The van der Waals surface area contributed by atoms with Gasteiger partial charge < -0.3 is 25.2 Å². The van der Waals surface area contributed by atoms with Crippen LogP contribution in [0.5, 0.6) is 5.75 Å². The topological polar surface area (TPSA) is 177 Å². The Hall–Kier alpha value is -6.02. The highest BCUT2D eigenvalue weighted by Crippen LogP contribution is 2.33. The fourth-order valence-corrected chi connectivity index (χ4v) is 6.60. The summed E-state index contributed by atoms with van der Waals surface area (Å²) in [7, 11) is 1.58. The summed E-state index contributed by atoms with van der Waals surface area (Å²) in [6.07, 6.45) is -0.404. The molecule has 1 aromatic heterocycles. The highest BCUT2D eigenvalue weighted by molar-refractivity contribution is 6.01. The first-order chi connectivity index (χ1) is 27.7. The number of rotatable bonds is 16. The number of aromatic nitrogens is 1. The summed E-state index contributed by atoms with van der Waals surface area (Å²) in [4.78, 5) is 72.2. The number of imide groups is 1. The van der Waals surface area contributed by atoms with Crippen LogP contribution >= 0.6 is 0 Å². The first-order valence-electron chi connectivity index (χ1n) is 19.1. The molecule has 17 heteroatoms. The molecule has 2 atom stereocenters. The average Bonchev–Trinajstić information content (AvgIpc) is 3.20. The third kappa shape index (κ3) is 12.2. The number of nitrogens with zero attached hydrogens (tertiary/aromatic N) is 5. The zero-order chi connectivity index (χ0) is 41.8. The maximum absolute atomic E-state index is 13.3. The lowest BCUT2D eigenvalue weighted by molar-refractivity contribution is -0.144. The third-order valence-corrected chi connectivity index (χ3v) is 10.1. The molecule has 5 amide bonds. The van der Waals surface area contributed by atoms with Crippen LogP contribution in [0.25, 0.3) is 0 Å². The number of piperidine rings is 1. The summed E-state index contributed by atoms with van der Waals surface area (Å²) in [6.45, 7) is 5.98. The number of likely N-dealkylation sites (N-methyl/N-ethyl adjacent to an activating group) is 1. The second-order valence-corrected chi connectivity index (χ2v) is 14.4. The van der Waals surface area contributed by atoms with Crippen molar-refractivity contribution >= 4 is 41.0 Å². The number of pyridine rings is 1. The van der Waals surface area contributed by atoms with E-state index in [0.717, 1.165) is 74.6 Å². The summed E-state index contributed by atoms with van der Waals surface area (Å²) in [5.41, 5.74) is -0.0714. The van der Waals surface area contributed by atoms with Crippen LogP contribution in [0.4, 0.5) is 24.7 Å². The molecular weight excluding hydrogens is 757 g/mol. The minimum absolute atomic E-state index is 0.0243. The fraction of sp³-hybridized carbons (Fsp3) is 0.439. The van der Waals surface area contributed by atoms with Gasteiger partial charge in [-0.2, -0.15) is 18.4 Å². The molecule has 2 saturated heterocycles. The molecule has 0 bridgehead atoms. The Labute approximate surface area is 334 Å². The number of alkyl halides is 3. The third-order valence-electron chi connectivity index (χ3n) is 10.1. The van der Waals surface area contributed by atoms with Crippen molar-refractivity contribution in [3.8, 4) is 11.8 Å². The van der Waals surface area contributed by atoms with Gasteiger partial charge >= 0.3 is 6.18 Å². The van der Waals surface area contributed by atoms with Crippen LogP contribution in [-0.4, -0.2) is 96.7 Å². The van der Waals surface area contributed by atoms with E-state index in [1.807, 2.05) is 6.07 Å². The molecule has 58 heavy (non-hydrogen) atoms. The van der Waals surface area contributed by atoms with Gasteiger partial charge in [0.15, 0.2) is 0 Å². The standard InChI is InChI=1S/C41H47F3N8O6/c1-27(39(56)48-31-9-8-30(24-45)33(23-31)41(42,43)44)26-58-32-10-6-28(7-11-32)25-47-36(53)5-3-4-16-51-17-19-52(20-18-51)35-21-29(14-15-46-35)22-38(55)50(2)34-12-13-37(54)49-40(34)57/h6-11,14-15,21,23,27,34H,3-5,12-13,16-20,22,25-26H2,1-2H3,(H,47,53)(H,48,56)(H,49,54,57)/t27-,34?/m1/s1. The van der Waals surface area contributed by atoms with Crippen molar-refractivity contribution in [1.82, 2.24) is 25.4 Å². The quantitative estimate of drug-likeness (QED) is 0.142. The molecule has 2 aliphatic rings. The number of nitriles is 1. The lowest BCUT2D eigenvalue weighted by atomic mass is 10.0. The molecule has 14 nitrogen and oxygen atoms in total. The molecule has 0 aliphatic carbocycles. The van der Waals surface area contributed by atoms with Gasteiger partial charge in [-0.3, -0.25) is 34.2 Å². The van der Waals surface area contributed by atoms with Crippen molar-refractivity contribution in [3.63, 3.8) is 0 Å². The number of piperazine rings is 1. The van der Waals surface area contributed by atoms with Gasteiger partial charge in [0.1, 0.15) is 17.6 Å². The smallest absolute Gasteiger partial charge is 0.417 e. The van der Waals surface area contributed by atoms with E-state index in [9.17, 15) is 37.1 Å². The van der Waals surface area contributed by atoms with E-state index < -0.39 is 41.1 Å². The van der Waals surface area contributed by atoms with Crippen LogP contribution in [0.1, 0.15) is 61.3 Å². The number of nitrogens with one attached hydrogen (secondary N) is 3. The van der Waals surface area contributed by atoms with Crippen molar-refractivity contribution in [2.24, 2.45) is 5.92 Å². The molecule has 3 heterocycles. The Morgan fingerprint density at radius 3 is 2.47 bits per heavy atom. The average molecular weight is 805 g/mol. The molecule has 308 valence electrons. The molecule has 3 N–H and O–H groups in total. The van der Waals surface area contributed by atoms with E-state index in [-0.39, 0.29) is 42.9 Å². The summed E-state index contributed by atoms with van der Waals surface area (Å²) in [5, 5.41) is 16.6. The van der Waals surface area contributed by atoms with E-state index in [1.54, 1.807) is 50.5 Å². The fourth-order valence-electron chi connectivity index (χ4n) is 6.60. The predicted molar refractivity (Wildman–Crippen MR) is 207 cm³/mol. The number of unbranched alkanes of at least 4 members (excludes halogenated alkanes) is 1. The van der Waals surface area contributed by atoms with Gasteiger partial charge in [-0.05, 0) is 79.4 Å². The van der Waals surface area contributed by atoms with E-state index in [0.29, 0.717) is 25.1 Å². The van der Waals surface area contributed by atoms with E-state index >= 15 is 0 Å². The maximum atomic E-state index is 13.3. The SMILES string of the molecule is C[C@H](COc1ccc(CNC(=O)CCCCN2CCN(c3cc(CC(=O)N(C)C4CCC(=O)NC4=O)ccn3)CC2)cc1)C(=O)Nc1ccc(C#N)c(C(F)(F)F)c1. The van der Waals surface area contributed by atoms with Gasteiger partial charge in [0.05, 0.1) is 36.1 Å². The molecule has 1 unspecified atom stereocenters. The first-order valence-corrected chi connectivity index (χ1v) is 19.1. The zero-order valence-electron chi connectivity index (χ0n) is 32.4. The summed E-state index contributed by atoms with van der Waals surface area (Å²) in [5.74, 6) is -0.983. The van der Waals surface area contributed by atoms with Crippen molar-refractivity contribution in [2.75, 3.05) is 56.6 Å². The number of hydrogen-bond donors (Lipinski definition) is 3. The highest BCUT2D eigenvalue weighted by Gasteiger charge is 2.34.